The van der Waals surface area contributed by atoms with Gasteiger partial charge in [0, 0.05) is 0 Å². The van der Waals surface area contributed by atoms with Crippen LogP contribution in [0.5, 0.6) is 0 Å². The van der Waals surface area contributed by atoms with E-state index in [1.807, 2.05) is 0 Å². The topological polar surface area (TPSA) is 0 Å². The second-order valence-corrected chi connectivity index (χ2v) is 2.00. The molecule has 0 rings (SSSR count). The molecule has 0 atom stereocenters. The Labute approximate surface area is 68.3 Å². The highest BCUT2D eigenvalue weighted by atomic mass is 19.3. The van der Waals surface area contributed by atoms with Crippen molar-refractivity contribution in [2.45, 2.75) is 12.8 Å². The van der Waals surface area contributed by atoms with Gasteiger partial charge >= 0.3 is 12.0 Å². The van der Waals surface area contributed by atoms with Gasteiger partial charge in [0.25, 0.3) is 0 Å². The van der Waals surface area contributed by atoms with Gasteiger partial charge in [0.05, 0.1) is 0 Å². The molecule has 0 amide bonds. The van der Waals surface area contributed by atoms with Crippen molar-refractivity contribution in [1.82, 2.24) is 0 Å². The fraction of sp³-hybridized carbons (Fsp3) is 0.333. The Morgan fingerprint density at radius 3 is 1.46 bits per heavy atom. The molecule has 13 heavy (non-hydrogen) atoms. The van der Waals surface area contributed by atoms with Crippen LogP contribution in [0, 0.1) is 0 Å². The summed E-state index contributed by atoms with van der Waals surface area (Å²) < 4.78 is 82.5. The molecule has 0 saturated heterocycles. The minimum atomic E-state index is -5.24. The third-order valence-corrected chi connectivity index (χ3v) is 1.02. The highest BCUT2D eigenvalue weighted by molar-refractivity contribution is 5.21. The summed E-state index contributed by atoms with van der Waals surface area (Å²) in [4.78, 5) is 0. The van der Waals surface area contributed by atoms with E-state index in [1.54, 1.807) is 0 Å². The Bertz CT molecular complexity index is 228. The lowest BCUT2D eigenvalue weighted by atomic mass is 10.2. The van der Waals surface area contributed by atoms with Crippen LogP contribution in [0.4, 0.5) is 30.7 Å². The second-order valence-electron chi connectivity index (χ2n) is 2.00. The van der Waals surface area contributed by atoms with E-state index in [2.05, 4.69) is 0 Å². The maximum absolute atomic E-state index is 12.1. The number of allylic oxidation sites excluding steroid dienone is 3. The maximum Gasteiger partial charge on any atom is 0.357 e. The molecule has 0 spiro atoms. The Morgan fingerprint density at radius 2 is 1.23 bits per heavy atom. The number of hydrogen-bond donors (Lipinski definition) is 0. The van der Waals surface area contributed by atoms with Gasteiger partial charge in [-0.2, -0.15) is 22.0 Å². The smallest absolute Gasteiger partial charge is 0.209 e. The molecule has 0 heterocycles. The molecule has 76 valence electrons. The van der Waals surface area contributed by atoms with Crippen LogP contribution < -0.4 is 0 Å². The third-order valence-electron chi connectivity index (χ3n) is 1.02. The first-order valence-electron chi connectivity index (χ1n) is 2.82. The van der Waals surface area contributed by atoms with Crippen LogP contribution in [-0.4, -0.2) is 5.92 Å². The van der Waals surface area contributed by atoms with Crippen LogP contribution in [0.1, 0.15) is 6.92 Å². The number of hydrogen-bond acceptors (Lipinski definition) is 0. The summed E-state index contributed by atoms with van der Waals surface area (Å²) in [6.45, 7) is 0.257. The van der Waals surface area contributed by atoms with Crippen LogP contribution in [-0.2, 0) is 0 Å². The lowest BCUT2D eigenvalue weighted by Gasteiger charge is -2.10. The standard InChI is InChI=1S/C6H3F7/c1-2(7)3(8)6(12,13)4(9)5(10)11/h1H3/b3-2+. The largest absolute Gasteiger partial charge is 0.357 e. The van der Waals surface area contributed by atoms with E-state index in [1.165, 1.54) is 0 Å². The Hall–Kier alpha value is -1.01. The van der Waals surface area contributed by atoms with Gasteiger partial charge in [0.15, 0.2) is 0 Å². The molecule has 0 aliphatic carbocycles. The summed E-state index contributed by atoms with van der Waals surface area (Å²) in [5, 5.41) is 0. The van der Waals surface area contributed by atoms with Gasteiger partial charge in [-0.05, 0) is 6.92 Å². The highest BCUT2D eigenvalue weighted by Crippen LogP contribution is 2.38. The average molecular weight is 208 g/mol. The van der Waals surface area contributed by atoms with E-state index in [9.17, 15) is 30.7 Å². The summed E-state index contributed by atoms with van der Waals surface area (Å²) in [5.41, 5.74) is 0. The molecular formula is C6H3F7. The summed E-state index contributed by atoms with van der Waals surface area (Å²) in [5.74, 6) is -13.4. The molecule has 0 unspecified atom stereocenters. The van der Waals surface area contributed by atoms with Crippen LogP contribution >= 0.6 is 0 Å². The molecule has 0 aliphatic heterocycles. The summed E-state index contributed by atoms with van der Waals surface area (Å²) in [6.07, 6.45) is -3.39. The first kappa shape index (κ1) is 12.0. The van der Waals surface area contributed by atoms with E-state index in [0.717, 1.165) is 0 Å². The fourth-order valence-corrected chi connectivity index (χ4v) is 0.431. The van der Waals surface area contributed by atoms with Crippen molar-refractivity contribution in [2.75, 3.05) is 0 Å². The molecule has 0 aliphatic rings. The zero-order valence-corrected chi connectivity index (χ0v) is 6.15. The van der Waals surface area contributed by atoms with Gasteiger partial charge < -0.3 is 0 Å². The van der Waals surface area contributed by atoms with Crippen molar-refractivity contribution in [2.24, 2.45) is 0 Å². The van der Waals surface area contributed by atoms with Crippen LogP contribution in [0.15, 0.2) is 23.6 Å². The second kappa shape index (κ2) is 3.80. The predicted molar refractivity (Wildman–Crippen MR) is 30.2 cm³/mol. The van der Waals surface area contributed by atoms with E-state index in [0.29, 0.717) is 0 Å². The Morgan fingerprint density at radius 1 is 0.846 bits per heavy atom. The van der Waals surface area contributed by atoms with Gasteiger partial charge in [-0.25, -0.2) is 8.78 Å². The molecule has 0 N–H and O–H groups in total. The number of alkyl halides is 2. The molecule has 0 fully saturated rings. The van der Waals surface area contributed by atoms with Crippen LogP contribution in [0.2, 0.25) is 0 Å². The van der Waals surface area contributed by atoms with Gasteiger partial charge in [-0.1, -0.05) is 0 Å². The Balaban J connectivity index is 5.23. The Kier molecular flexibility index (Phi) is 3.50. The molecule has 0 saturated carbocycles. The summed E-state index contributed by atoms with van der Waals surface area (Å²) in [7, 11) is 0. The minimum absolute atomic E-state index is 0.257. The third kappa shape index (κ3) is 2.46. The van der Waals surface area contributed by atoms with Crippen molar-refractivity contribution >= 4 is 0 Å². The molecule has 0 aromatic rings. The van der Waals surface area contributed by atoms with Gasteiger partial charge in [-0.15, -0.1) is 0 Å². The zero-order valence-electron chi connectivity index (χ0n) is 6.15. The van der Waals surface area contributed by atoms with Crippen molar-refractivity contribution in [3.8, 4) is 0 Å². The minimum Gasteiger partial charge on any atom is -0.209 e. The normalized spacial score (nSPS) is 13.8. The SMILES string of the molecule is C/C(F)=C(\F)C(F)(F)C(F)=C(F)F. The fourth-order valence-electron chi connectivity index (χ4n) is 0.431. The molecule has 0 bridgehead atoms. The van der Waals surface area contributed by atoms with E-state index in [4.69, 9.17) is 0 Å². The van der Waals surface area contributed by atoms with Crippen LogP contribution in [0.25, 0.3) is 0 Å². The quantitative estimate of drug-likeness (QED) is 0.604. The first-order chi connectivity index (χ1) is 5.71. The molecular weight excluding hydrogens is 205 g/mol. The molecule has 0 aromatic heterocycles. The van der Waals surface area contributed by atoms with Gasteiger partial charge in [-0.3, -0.25) is 0 Å². The summed E-state index contributed by atoms with van der Waals surface area (Å²) >= 11 is 0. The zero-order chi connectivity index (χ0) is 10.8. The molecule has 0 aromatic carbocycles. The monoisotopic (exact) mass is 208 g/mol. The van der Waals surface area contributed by atoms with Crippen molar-refractivity contribution < 1.29 is 30.7 Å². The molecule has 0 nitrogen and oxygen atoms in total. The number of rotatable bonds is 2. The highest BCUT2D eigenvalue weighted by Gasteiger charge is 2.45. The van der Waals surface area contributed by atoms with Crippen molar-refractivity contribution in [3.05, 3.63) is 23.6 Å². The number of halogens is 7. The van der Waals surface area contributed by atoms with Gasteiger partial charge in [0.1, 0.15) is 5.83 Å². The van der Waals surface area contributed by atoms with E-state index >= 15 is 0 Å². The lowest BCUT2D eigenvalue weighted by Crippen LogP contribution is -2.19. The predicted octanol–water partition coefficient (Wildman–Crippen LogP) is 3.87. The van der Waals surface area contributed by atoms with Crippen LogP contribution in [0.3, 0.4) is 0 Å². The molecule has 7 heteroatoms. The lowest BCUT2D eigenvalue weighted by molar-refractivity contribution is 0.0229. The van der Waals surface area contributed by atoms with E-state index in [-0.39, 0.29) is 6.92 Å². The first-order valence-corrected chi connectivity index (χ1v) is 2.82. The van der Waals surface area contributed by atoms with Crippen molar-refractivity contribution in [1.29, 1.82) is 0 Å². The molecule has 0 radical (unpaired) electrons. The van der Waals surface area contributed by atoms with Gasteiger partial charge in [0.2, 0.25) is 11.7 Å². The average Bonchev–Trinajstić information content (AvgIpc) is 2.01. The van der Waals surface area contributed by atoms with E-state index < -0.39 is 29.5 Å². The van der Waals surface area contributed by atoms with Crippen molar-refractivity contribution in [3.63, 3.8) is 0 Å². The summed E-state index contributed by atoms with van der Waals surface area (Å²) in [6, 6.07) is 0. The maximum atomic E-state index is 12.1.